The Labute approximate surface area is 261 Å². The maximum atomic E-state index is 12.7. The van der Waals surface area contributed by atoms with Crippen molar-refractivity contribution in [1.82, 2.24) is 25.9 Å². The van der Waals surface area contributed by atoms with Crippen LogP contribution >= 0.6 is 0 Å². The summed E-state index contributed by atoms with van der Waals surface area (Å²) in [6.45, 7) is -0.142. The van der Waals surface area contributed by atoms with Crippen LogP contribution in [0.2, 0.25) is 0 Å². The van der Waals surface area contributed by atoms with Gasteiger partial charge in [-0.3, -0.25) is 38.6 Å². The Morgan fingerprint density at radius 1 is 0.756 bits per heavy atom. The molecule has 45 heavy (non-hydrogen) atoms. The van der Waals surface area contributed by atoms with Crippen molar-refractivity contribution >= 4 is 29.7 Å². The molecule has 2 rings (SSSR count). The van der Waals surface area contributed by atoms with Gasteiger partial charge in [-0.25, -0.2) is 5.48 Å². The monoisotopic (exact) mass is 630 g/mol. The summed E-state index contributed by atoms with van der Waals surface area (Å²) in [5.74, 6) is -4.12. The fourth-order valence-electron chi connectivity index (χ4n) is 4.16. The van der Waals surface area contributed by atoms with E-state index in [9.17, 15) is 24.0 Å². The number of nitrogens with one attached hydrogen (secondary N) is 3. The Morgan fingerprint density at radius 2 is 1.38 bits per heavy atom. The molecule has 8 N–H and O–H groups in total. The molecule has 0 aliphatic rings. The van der Waals surface area contributed by atoms with Crippen LogP contribution in [0.15, 0.2) is 54.6 Å². The highest BCUT2D eigenvalue weighted by atomic mass is 16.6. The molecule has 2 aromatic rings. The number of hydrogen-bond donors (Lipinski definition) is 7. The molecule has 0 fully saturated rings. The molecule has 2 aromatic carbocycles. The molecule has 0 radical (unpaired) electrons. The quantitative estimate of drug-likeness (QED) is 0.0594. The fourth-order valence-corrected chi connectivity index (χ4v) is 4.16. The largest absolute Gasteiger partial charge is 0.480 e. The molecular weight excluding hydrogens is 588 g/mol. The van der Waals surface area contributed by atoms with Gasteiger partial charge < -0.3 is 31.7 Å². The van der Waals surface area contributed by atoms with E-state index in [1.54, 1.807) is 29.2 Å². The molecule has 0 aromatic heterocycles. The minimum absolute atomic E-state index is 0.0676. The number of aryl methyl sites for hydroxylation is 1. The summed E-state index contributed by atoms with van der Waals surface area (Å²) < 4.78 is 0. The zero-order chi connectivity index (χ0) is 33.0. The van der Waals surface area contributed by atoms with E-state index < -0.39 is 42.9 Å². The standard InChI is InChI=1S/C30H42N6O9/c31-25(11-10-22-4-2-1-3-5-22)30(44)34-45-21-24-8-6-23(7-9-24)16-33-26(37)18-35(13-12-32-17-27(38)39)14-15-36(19-28(40)41)20-29(42)43/h1-9,25,32H,10-21,31H2,(H,33,37)(H,34,44)(H,38,39)(H,40,41)(H,42,43)/t25-/m1/s1. The maximum absolute atomic E-state index is 12.7. The van der Waals surface area contributed by atoms with Gasteiger partial charge in [0.1, 0.15) is 0 Å². The van der Waals surface area contributed by atoms with Gasteiger partial charge in [-0.15, -0.1) is 0 Å². The first kappa shape index (κ1) is 36.8. The van der Waals surface area contributed by atoms with Gasteiger partial charge in [0.2, 0.25) is 5.91 Å². The van der Waals surface area contributed by atoms with E-state index in [0.717, 1.165) is 16.7 Å². The van der Waals surface area contributed by atoms with E-state index in [1.165, 1.54) is 4.90 Å². The number of carbonyl (C=O) groups excluding carboxylic acids is 2. The second kappa shape index (κ2) is 20.5. The van der Waals surface area contributed by atoms with Crippen molar-refractivity contribution in [3.05, 3.63) is 71.3 Å². The first-order valence-corrected chi connectivity index (χ1v) is 14.4. The second-order valence-corrected chi connectivity index (χ2v) is 10.3. The zero-order valence-electron chi connectivity index (χ0n) is 25.0. The number of nitrogens with two attached hydrogens (primary N) is 1. The highest BCUT2D eigenvalue weighted by Crippen LogP contribution is 2.07. The Morgan fingerprint density at radius 3 is 2.00 bits per heavy atom. The number of carboxylic acid groups (broad SMARTS) is 3. The number of aliphatic carboxylic acids is 3. The van der Waals surface area contributed by atoms with Gasteiger partial charge in [-0.2, -0.15) is 0 Å². The average Bonchev–Trinajstić information content (AvgIpc) is 2.99. The number of rotatable bonds is 23. The molecule has 246 valence electrons. The zero-order valence-corrected chi connectivity index (χ0v) is 25.0. The normalized spacial score (nSPS) is 11.7. The predicted octanol–water partition coefficient (Wildman–Crippen LogP) is -0.742. The van der Waals surface area contributed by atoms with Crippen molar-refractivity contribution < 1.29 is 44.1 Å². The molecule has 0 heterocycles. The molecule has 0 saturated heterocycles. The highest BCUT2D eigenvalue weighted by Gasteiger charge is 2.17. The third-order valence-electron chi connectivity index (χ3n) is 6.55. The lowest BCUT2D eigenvalue weighted by Gasteiger charge is -2.25. The summed E-state index contributed by atoms with van der Waals surface area (Å²) in [4.78, 5) is 66.1. The molecule has 0 aliphatic carbocycles. The van der Waals surface area contributed by atoms with Gasteiger partial charge in [0.05, 0.1) is 38.8 Å². The van der Waals surface area contributed by atoms with Gasteiger partial charge in [-0.1, -0.05) is 54.6 Å². The molecule has 0 bridgehead atoms. The fraction of sp³-hybridized carbons (Fsp3) is 0.433. The summed E-state index contributed by atoms with van der Waals surface area (Å²) in [6.07, 6.45) is 1.15. The second-order valence-electron chi connectivity index (χ2n) is 10.3. The van der Waals surface area contributed by atoms with Gasteiger partial charge in [-0.05, 0) is 29.5 Å². The maximum Gasteiger partial charge on any atom is 0.317 e. The lowest BCUT2D eigenvalue weighted by atomic mass is 10.1. The first-order valence-electron chi connectivity index (χ1n) is 14.4. The van der Waals surface area contributed by atoms with Gasteiger partial charge in [0.25, 0.3) is 5.91 Å². The Kier molecular flexibility index (Phi) is 16.8. The van der Waals surface area contributed by atoms with E-state index in [4.69, 9.17) is 25.9 Å². The molecule has 15 heteroatoms. The van der Waals surface area contributed by atoms with Crippen molar-refractivity contribution in [2.24, 2.45) is 5.73 Å². The number of benzene rings is 2. The van der Waals surface area contributed by atoms with Gasteiger partial charge in [0, 0.05) is 32.7 Å². The number of hydrogen-bond acceptors (Lipinski definition) is 10. The molecule has 2 amide bonds. The summed E-state index contributed by atoms with van der Waals surface area (Å²) in [7, 11) is 0. The van der Waals surface area contributed by atoms with Crippen LogP contribution in [0.1, 0.15) is 23.1 Å². The lowest BCUT2D eigenvalue weighted by molar-refractivity contribution is -0.142. The van der Waals surface area contributed by atoms with Crippen molar-refractivity contribution in [3.8, 4) is 0 Å². The van der Waals surface area contributed by atoms with Crippen LogP contribution in [-0.4, -0.2) is 113 Å². The molecule has 0 unspecified atom stereocenters. The lowest BCUT2D eigenvalue weighted by Crippen LogP contribution is -2.45. The topological polar surface area (TPSA) is 224 Å². The highest BCUT2D eigenvalue weighted by molar-refractivity contribution is 5.80. The third-order valence-corrected chi connectivity index (χ3v) is 6.55. The first-order chi connectivity index (χ1) is 21.5. The van der Waals surface area contributed by atoms with Crippen molar-refractivity contribution in [2.75, 3.05) is 52.4 Å². The molecule has 0 saturated carbocycles. The van der Waals surface area contributed by atoms with Crippen LogP contribution in [0.3, 0.4) is 0 Å². The van der Waals surface area contributed by atoms with Crippen molar-refractivity contribution in [3.63, 3.8) is 0 Å². The van der Waals surface area contributed by atoms with Crippen LogP contribution in [-0.2, 0) is 48.4 Å². The van der Waals surface area contributed by atoms with Gasteiger partial charge in [0.15, 0.2) is 0 Å². The Bertz CT molecular complexity index is 1210. The predicted molar refractivity (Wildman–Crippen MR) is 163 cm³/mol. The van der Waals surface area contributed by atoms with E-state index in [2.05, 4.69) is 16.1 Å². The van der Waals surface area contributed by atoms with Crippen LogP contribution < -0.4 is 21.8 Å². The summed E-state index contributed by atoms with van der Waals surface area (Å²) in [5, 5.41) is 32.5. The van der Waals surface area contributed by atoms with Gasteiger partial charge >= 0.3 is 17.9 Å². The minimum Gasteiger partial charge on any atom is -0.480 e. The van der Waals surface area contributed by atoms with Crippen LogP contribution in [0.5, 0.6) is 0 Å². The summed E-state index contributed by atoms with van der Waals surface area (Å²) in [6, 6.07) is 16.2. The van der Waals surface area contributed by atoms with E-state index >= 15 is 0 Å². The number of amides is 2. The molecular formula is C30H42N6O9. The number of hydroxylamine groups is 1. The SMILES string of the molecule is N[C@H](CCc1ccccc1)C(=O)NOCc1ccc(CNC(=O)CN(CCNCC(=O)O)CCN(CC(=O)O)CC(=O)O)cc1. The van der Waals surface area contributed by atoms with E-state index in [0.29, 0.717) is 12.8 Å². The number of nitrogens with zero attached hydrogens (tertiary/aromatic N) is 2. The summed E-state index contributed by atoms with van der Waals surface area (Å²) in [5.41, 5.74) is 11.0. The molecule has 1 atom stereocenters. The van der Waals surface area contributed by atoms with E-state index in [1.807, 2.05) is 30.3 Å². The Balaban J connectivity index is 1.78. The third kappa shape index (κ3) is 16.9. The average molecular weight is 631 g/mol. The van der Waals surface area contributed by atoms with Crippen LogP contribution in [0.4, 0.5) is 0 Å². The summed E-state index contributed by atoms with van der Waals surface area (Å²) >= 11 is 0. The van der Waals surface area contributed by atoms with Crippen LogP contribution in [0.25, 0.3) is 0 Å². The number of carboxylic acids is 3. The number of carbonyl (C=O) groups is 5. The molecule has 0 aliphatic heterocycles. The Hall–Kier alpha value is -4.41. The van der Waals surface area contributed by atoms with Crippen molar-refractivity contribution in [1.29, 1.82) is 0 Å². The molecule has 0 spiro atoms. The molecule has 15 nitrogen and oxygen atoms in total. The van der Waals surface area contributed by atoms with E-state index in [-0.39, 0.29) is 58.3 Å². The van der Waals surface area contributed by atoms with Crippen molar-refractivity contribution in [2.45, 2.75) is 32.0 Å². The smallest absolute Gasteiger partial charge is 0.317 e. The minimum atomic E-state index is -1.18. The van der Waals surface area contributed by atoms with Crippen LogP contribution in [0, 0.1) is 0 Å².